The number of nitrogens with one attached hydrogen (secondary N) is 1. The van der Waals surface area contributed by atoms with Gasteiger partial charge < -0.3 is 14.3 Å². The molecule has 1 atom stereocenters. The molecule has 0 saturated heterocycles. The van der Waals surface area contributed by atoms with Crippen molar-refractivity contribution in [1.29, 1.82) is 0 Å². The number of halogens is 3. The van der Waals surface area contributed by atoms with Gasteiger partial charge in [-0.25, -0.2) is 17.9 Å². The number of benzene rings is 1. The molecular weight excluding hydrogens is 391 g/mol. The molecule has 2 N–H and O–H groups in total. The number of aliphatic carboxylic acids is 1. The van der Waals surface area contributed by atoms with Crippen LogP contribution in [-0.2, 0) is 21.4 Å². The van der Waals surface area contributed by atoms with Gasteiger partial charge in [-0.1, -0.05) is 18.2 Å². The van der Waals surface area contributed by atoms with E-state index in [0.29, 0.717) is 6.08 Å². The topological polar surface area (TPSA) is 106 Å². The predicted octanol–water partition coefficient (Wildman–Crippen LogP) is 2.52. The molecule has 144 valence electrons. The van der Waals surface area contributed by atoms with E-state index in [1.54, 1.807) is 4.72 Å². The molecule has 0 bridgehead atoms. The van der Waals surface area contributed by atoms with Crippen LogP contribution in [-0.4, -0.2) is 30.6 Å². The summed E-state index contributed by atoms with van der Waals surface area (Å²) in [5.74, 6) is -2.46. The van der Waals surface area contributed by atoms with Gasteiger partial charge in [-0.3, -0.25) is 0 Å². The summed E-state index contributed by atoms with van der Waals surface area (Å²) < 4.78 is 78.8. The summed E-state index contributed by atoms with van der Waals surface area (Å²) in [6.45, 7) is -0.620. The molecule has 0 fully saturated rings. The van der Waals surface area contributed by atoms with Crippen molar-refractivity contribution in [2.24, 2.45) is 0 Å². The second-order valence-corrected chi connectivity index (χ2v) is 7.39. The Hall–Kier alpha value is -2.79. The van der Waals surface area contributed by atoms with Crippen molar-refractivity contribution in [3.63, 3.8) is 0 Å². The van der Waals surface area contributed by atoms with Crippen molar-refractivity contribution < 1.29 is 40.6 Å². The summed E-state index contributed by atoms with van der Waals surface area (Å²) in [6, 6.07) is 7.96. The maximum absolute atomic E-state index is 14.0. The molecule has 0 radical (unpaired) electrons. The normalized spacial score (nSPS) is 19.7. The summed E-state index contributed by atoms with van der Waals surface area (Å²) in [5.41, 5.74) is -1.46. The van der Waals surface area contributed by atoms with Crippen molar-refractivity contribution in [2.45, 2.75) is 17.7 Å². The zero-order chi connectivity index (χ0) is 19.9. The number of carboxylic acid groups (broad SMARTS) is 1. The molecule has 1 aromatic carbocycles. The first-order valence-corrected chi connectivity index (χ1v) is 8.88. The van der Waals surface area contributed by atoms with E-state index in [0.717, 1.165) is 6.07 Å². The lowest BCUT2D eigenvalue weighted by atomic mass is 10.0. The summed E-state index contributed by atoms with van der Waals surface area (Å²) in [5, 5.41) is 9.32. The fourth-order valence-electron chi connectivity index (χ4n) is 2.60. The second kappa shape index (κ2) is 6.43. The van der Waals surface area contributed by atoms with Crippen LogP contribution >= 0.6 is 0 Å². The van der Waals surface area contributed by atoms with Crippen molar-refractivity contribution in [3.8, 4) is 5.75 Å². The first-order chi connectivity index (χ1) is 12.6. The summed E-state index contributed by atoms with van der Waals surface area (Å²) >= 11 is 0. The zero-order valence-corrected chi connectivity index (χ0v) is 14.2. The van der Waals surface area contributed by atoms with Gasteiger partial charge in [0.25, 0.3) is 10.0 Å². The second-order valence-electron chi connectivity index (χ2n) is 5.52. The molecule has 11 heteroatoms. The van der Waals surface area contributed by atoms with Gasteiger partial charge in [0.2, 0.25) is 0 Å². The van der Waals surface area contributed by atoms with E-state index in [4.69, 9.17) is 9.15 Å². The highest BCUT2D eigenvalue weighted by atomic mass is 32.2. The maximum Gasteiger partial charge on any atom is 0.449 e. The standard InChI is InChI=1S/C16H12F3NO6S/c17-16(18,19)15(27(23,24)20-9-11-5-3-7-25-11)12(14(21)22)8-10-4-1-2-6-13(10)26-15/h1-8,20H,9H2,(H,21,22). The Labute approximate surface area is 151 Å². The molecule has 1 unspecified atom stereocenters. The Morgan fingerprint density at radius 3 is 2.48 bits per heavy atom. The number of furan rings is 1. The molecule has 1 aliphatic heterocycles. The van der Waals surface area contributed by atoms with Crippen molar-refractivity contribution in [1.82, 2.24) is 4.72 Å². The van der Waals surface area contributed by atoms with E-state index in [2.05, 4.69) is 0 Å². The average Bonchev–Trinajstić information content (AvgIpc) is 3.11. The van der Waals surface area contributed by atoms with Crippen LogP contribution in [0.4, 0.5) is 13.2 Å². The van der Waals surface area contributed by atoms with Gasteiger partial charge in [-0.05, 0) is 24.3 Å². The number of carbonyl (C=O) groups is 1. The van der Waals surface area contributed by atoms with Crippen molar-refractivity contribution >= 4 is 22.1 Å². The molecule has 27 heavy (non-hydrogen) atoms. The molecule has 0 aliphatic carbocycles. The summed E-state index contributed by atoms with van der Waals surface area (Å²) in [7, 11) is -5.42. The molecule has 2 aromatic rings. The Bertz CT molecular complexity index is 997. The highest BCUT2D eigenvalue weighted by molar-refractivity contribution is 7.91. The third-order valence-corrected chi connectivity index (χ3v) is 5.64. The molecule has 2 heterocycles. The number of carboxylic acids is 1. The number of para-hydroxylation sites is 1. The van der Waals surface area contributed by atoms with E-state index in [1.165, 1.54) is 36.6 Å². The number of rotatable bonds is 5. The Kier molecular flexibility index (Phi) is 4.52. The van der Waals surface area contributed by atoms with E-state index < -0.39 is 45.0 Å². The van der Waals surface area contributed by atoms with Crippen LogP contribution < -0.4 is 9.46 Å². The number of sulfonamides is 1. The molecule has 0 amide bonds. The number of fused-ring (bicyclic) bond motifs is 1. The third-order valence-electron chi connectivity index (χ3n) is 3.83. The fourth-order valence-corrected chi connectivity index (χ4v) is 4.07. The van der Waals surface area contributed by atoms with Crippen LogP contribution in [0.15, 0.2) is 52.7 Å². The predicted molar refractivity (Wildman–Crippen MR) is 85.9 cm³/mol. The quantitative estimate of drug-likeness (QED) is 0.795. The molecule has 0 saturated carbocycles. The van der Waals surface area contributed by atoms with Crippen LogP contribution in [0.3, 0.4) is 0 Å². The first kappa shape index (κ1) is 19.0. The summed E-state index contributed by atoms with van der Waals surface area (Å²) in [6.07, 6.45) is -3.75. The summed E-state index contributed by atoms with van der Waals surface area (Å²) in [4.78, 5) is 7.41. The number of hydrogen-bond donors (Lipinski definition) is 2. The average molecular weight is 403 g/mol. The number of alkyl halides is 3. The van der Waals surface area contributed by atoms with Gasteiger partial charge in [0, 0.05) is 5.56 Å². The molecule has 1 aromatic heterocycles. The highest BCUT2D eigenvalue weighted by Crippen LogP contribution is 2.48. The fraction of sp³-hybridized carbons (Fsp3) is 0.188. The smallest absolute Gasteiger partial charge is 0.449 e. The van der Waals surface area contributed by atoms with Gasteiger partial charge in [0.1, 0.15) is 17.1 Å². The van der Waals surface area contributed by atoms with Crippen molar-refractivity contribution in [3.05, 3.63) is 59.6 Å². The third kappa shape index (κ3) is 3.08. The Morgan fingerprint density at radius 2 is 1.89 bits per heavy atom. The molecule has 1 aliphatic rings. The van der Waals surface area contributed by atoms with E-state index >= 15 is 0 Å². The lowest BCUT2D eigenvalue weighted by Crippen LogP contribution is -2.63. The minimum atomic E-state index is -5.60. The van der Waals surface area contributed by atoms with E-state index in [1.807, 2.05) is 0 Å². The van der Waals surface area contributed by atoms with Gasteiger partial charge in [-0.2, -0.15) is 13.2 Å². The molecular formula is C16H12F3NO6S. The molecule has 7 nitrogen and oxygen atoms in total. The highest BCUT2D eigenvalue weighted by Gasteiger charge is 2.72. The van der Waals surface area contributed by atoms with Gasteiger partial charge in [0.15, 0.2) is 0 Å². The van der Waals surface area contributed by atoms with Gasteiger partial charge in [-0.15, -0.1) is 0 Å². The Morgan fingerprint density at radius 1 is 1.19 bits per heavy atom. The van der Waals surface area contributed by atoms with Gasteiger partial charge >= 0.3 is 17.1 Å². The van der Waals surface area contributed by atoms with Crippen LogP contribution in [0, 0.1) is 0 Å². The first-order valence-electron chi connectivity index (χ1n) is 7.40. The minimum absolute atomic E-state index is 0.0102. The van der Waals surface area contributed by atoms with Crippen molar-refractivity contribution in [2.75, 3.05) is 0 Å². The lowest BCUT2D eigenvalue weighted by Gasteiger charge is -2.38. The largest absolute Gasteiger partial charge is 0.478 e. The van der Waals surface area contributed by atoms with Crippen LogP contribution in [0.5, 0.6) is 5.75 Å². The van der Waals surface area contributed by atoms with Crippen LogP contribution in [0.25, 0.3) is 6.08 Å². The molecule has 3 rings (SSSR count). The SMILES string of the molecule is O=C(O)C1=Cc2ccccc2OC1(C(F)(F)F)S(=O)(=O)NCc1ccco1. The van der Waals surface area contributed by atoms with Gasteiger partial charge in [0.05, 0.1) is 12.8 Å². The minimum Gasteiger partial charge on any atom is -0.478 e. The molecule has 0 spiro atoms. The lowest BCUT2D eigenvalue weighted by molar-refractivity contribution is -0.204. The number of hydrogen-bond acceptors (Lipinski definition) is 5. The van der Waals surface area contributed by atoms with E-state index in [-0.39, 0.29) is 11.3 Å². The van der Waals surface area contributed by atoms with E-state index in [9.17, 15) is 31.5 Å². The Balaban J connectivity index is 2.16. The van der Waals surface area contributed by atoms with Crippen LogP contribution in [0.1, 0.15) is 11.3 Å². The maximum atomic E-state index is 14.0. The monoisotopic (exact) mass is 403 g/mol. The number of ether oxygens (including phenoxy) is 1. The zero-order valence-electron chi connectivity index (χ0n) is 13.4. The van der Waals surface area contributed by atoms with Crippen LogP contribution in [0.2, 0.25) is 0 Å².